The minimum atomic E-state index is -0.256. The molecule has 168 valence electrons. The molecule has 5 heteroatoms. The van der Waals surface area contributed by atoms with E-state index in [0.29, 0.717) is 13.2 Å². The SMILES string of the molecule is O=C1NCCN[C@H]1C(CCc1c[nH]c2ccccc12)c1cccc(OCc2ccccc2)c1. The summed E-state index contributed by atoms with van der Waals surface area (Å²) in [5, 5.41) is 7.73. The summed E-state index contributed by atoms with van der Waals surface area (Å²) in [5.41, 5.74) is 4.68. The van der Waals surface area contributed by atoms with Gasteiger partial charge in [0.15, 0.2) is 0 Å². The van der Waals surface area contributed by atoms with Gasteiger partial charge in [0.1, 0.15) is 12.4 Å². The van der Waals surface area contributed by atoms with Crippen molar-refractivity contribution in [2.24, 2.45) is 0 Å². The van der Waals surface area contributed by atoms with Gasteiger partial charge in [-0.1, -0.05) is 60.7 Å². The number of piperazine rings is 1. The molecule has 0 aliphatic carbocycles. The van der Waals surface area contributed by atoms with E-state index < -0.39 is 0 Å². The molecule has 1 aromatic heterocycles. The number of nitrogens with one attached hydrogen (secondary N) is 3. The molecule has 5 nitrogen and oxygen atoms in total. The molecule has 1 unspecified atom stereocenters. The molecular weight excluding hydrogens is 410 g/mol. The van der Waals surface area contributed by atoms with Crippen LogP contribution in [-0.4, -0.2) is 30.0 Å². The summed E-state index contributed by atoms with van der Waals surface area (Å²) >= 11 is 0. The van der Waals surface area contributed by atoms with Crippen molar-refractivity contribution in [3.63, 3.8) is 0 Å². The summed E-state index contributed by atoms with van der Waals surface area (Å²) in [6, 6.07) is 26.5. The molecule has 3 aromatic carbocycles. The molecular formula is C28H29N3O2. The van der Waals surface area contributed by atoms with E-state index >= 15 is 0 Å². The zero-order valence-corrected chi connectivity index (χ0v) is 18.6. The van der Waals surface area contributed by atoms with Crippen molar-refractivity contribution in [1.82, 2.24) is 15.6 Å². The number of amides is 1. The zero-order valence-electron chi connectivity index (χ0n) is 18.6. The van der Waals surface area contributed by atoms with Gasteiger partial charge in [0.25, 0.3) is 0 Å². The Hall–Kier alpha value is -3.57. The molecule has 2 atom stereocenters. The molecule has 3 N–H and O–H groups in total. The predicted octanol–water partition coefficient (Wildman–Crippen LogP) is 4.55. The summed E-state index contributed by atoms with van der Waals surface area (Å²) in [7, 11) is 0. The third-order valence-corrected chi connectivity index (χ3v) is 6.41. The van der Waals surface area contributed by atoms with Gasteiger partial charge in [0.05, 0.1) is 6.04 Å². The van der Waals surface area contributed by atoms with Crippen LogP contribution in [0.15, 0.2) is 85.1 Å². The molecule has 0 spiro atoms. The van der Waals surface area contributed by atoms with Gasteiger partial charge < -0.3 is 20.4 Å². The maximum absolute atomic E-state index is 12.8. The molecule has 1 aliphatic rings. The maximum Gasteiger partial charge on any atom is 0.237 e. The monoisotopic (exact) mass is 439 g/mol. The first kappa shape index (κ1) is 21.3. The highest BCUT2D eigenvalue weighted by molar-refractivity contribution is 5.84. The number of benzene rings is 3. The Morgan fingerprint density at radius 3 is 2.67 bits per heavy atom. The fourth-order valence-electron chi connectivity index (χ4n) is 4.69. The smallest absolute Gasteiger partial charge is 0.237 e. The van der Waals surface area contributed by atoms with Crippen LogP contribution < -0.4 is 15.4 Å². The quantitative estimate of drug-likeness (QED) is 0.377. The van der Waals surface area contributed by atoms with E-state index in [2.05, 4.69) is 64.3 Å². The highest BCUT2D eigenvalue weighted by Gasteiger charge is 2.31. The van der Waals surface area contributed by atoms with Crippen molar-refractivity contribution in [2.45, 2.75) is 31.4 Å². The van der Waals surface area contributed by atoms with E-state index in [1.165, 1.54) is 10.9 Å². The Labute approximate surface area is 194 Å². The largest absolute Gasteiger partial charge is 0.489 e. The van der Waals surface area contributed by atoms with Gasteiger partial charge in [-0.2, -0.15) is 0 Å². The third-order valence-electron chi connectivity index (χ3n) is 6.41. The highest BCUT2D eigenvalue weighted by atomic mass is 16.5. The molecule has 4 aromatic rings. The Morgan fingerprint density at radius 1 is 0.939 bits per heavy atom. The molecule has 33 heavy (non-hydrogen) atoms. The van der Waals surface area contributed by atoms with Crippen LogP contribution in [0.1, 0.15) is 29.0 Å². The number of fused-ring (bicyclic) bond motifs is 1. The van der Waals surface area contributed by atoms with Crippen LogP contribution in [0.25, 0.3) is 10.9 Å². The zero-order chi connectivity index (χ0) is 22.5. The lowest BCUT2D eigenvalue weighted by Crippen LogP contribution is -2.55. The second-order valence-electron chi connectivity index (χ2n) is 8.57. The molecule has 0 radical (unpaired) electrons. The first-order valence-corrected chi connectivity index (χ1v) is 11.6. The lowest BCUT2D eigenvalue weighted by molar-refractivity contribution is -0.124. The average Bonchev–Trinajstić information content (AvgIpc) is 3.28. The standard InChI is InChI=1S/C28H29N3O2/c32-28-27(29-15-16-30-28)25(14-13-22-18-31-26-12-5-4-11-24(22)26)21-9-6-10-23(17-21)33-19-20-7-2-1-3-8-20/h1-12,17-18,25,27,29,31H,13-16,19H2,(H,30,32)/t25?,27-/m0/s1. The number of rotatable bonds is 8. The van der Waals surface area contributed by atoms with Crippen molar-refractivity contribution in [1.29, 1.82) is 0 Å². The van der Waals surface area contributed by atoms with Crippen molar-refractivity contribution in [2.75, 3.05) is 13.1 Å². The topological polar surface area (TPSA) is 66.2 Å². The second kappa shape index (κ2) is 9.92. The van der Waals surface area contributed by atoms with E-state index in [4.69, 9.17) is 4.74 Å². The number of aromatic nitrogens is 1. The van der Waals surface area contributed by atoms with Gasteiger partial charge in [-0.3, -0.25) is 4.79 Å². The van der Waals surface area contributed by atoms with E-state index in [1.807, 2.05) is 36.4 Å². The molecule has 1 aliphatic heterocycles. The molecule has 0 bridgehead atoms. The number of hydrogen-bond donors (Lipinski definition) is 3. The molecule has 1 fully saturated rings. The summed E-state index contributed by atoms with van der Waals surface area (Å²) < 4.78 is 6.08. The molecule has 2 heterocycles. The second-order valence-corrected chi connectivity index (χ2v) is 8.57. The Morgan fingerprint density at radius 2 is 1.79 bits per heavy atom. The first-order valence-electron chi connectivity index (χ1n) is 11.6. The number of aromatic amines is 1. The van der Waals surface area contributed by atoms with E-state index in [1.54, 1.807) is 0 Å². The van der Waals surface area contributed by atoms with Crippen LogP contribution in [0.3, 0.4) is 0 Å². The normalized spacial score (nSPS) is 17.0. The first-order chi connectivity index (χ1) is 16.3. The van der Waals surface area contributed by atoms with Crippen LogP contribution in [0.2, 0.25) is 0 Å². The Balaban J connectivity index is 1.37. The van der Waals surface area contributed by atoms with E-state index in [9.17, 15) is 4.79 Å². The van der Waals surface area contributed by atoms with Crippen molar-refractivity contribution >= 4 is 16.8 Å². The van der Waals surface area contributed by atoms with Crippen LogP contribution in [0.4, 0.5) is 0 Å². The minimum Gasteiger partial charge on any atom is -0.489 e. The van der Waals surface area contributed by atoms with Crippen molar-refractivity contribution < 1.29 is 9.53 Å². The van der Waals surface area contributed by atoms with E-state index in [0.717, 1.165) is 41.8 Å². The maximum atomic E-state index is 12.8. The fourth-order valence-corrected chi connectivity index (χ4v) is 4.69. The lowest BCUT2D eigenvalue weighted by atomic mass is 9.85. The molecule has 5 rings (SSSR count). The Kier molecular flexibility index (Phi) is 6.40. The molecule has 0 saturated carbocycles. The van der Waals surface area contributed by atoms with Crippen LogP contribution in [0, 0.1) is 0 Å². The van der Waals surface area contributed by atoms with Gasteiger partial charge in [0, 0.05) is 36.1 Å². The summed E-state index contributed by atoms with van der Waals surface area (Å²) in [6.07, 6.45) is 3.83. The average molecular weight is 440 g/mol. The number of carbonyl (C=O) groups excluding carboxylic acids is 1. The van der Waals surface area contributed by atoms with Crippen LogP contribution >= 0.6 is 0 Å². The van der Waals surface area contributed by atoms with Gasteiger partial charge >= 0.3 is 0 Å². The van der Waals surface area contributed by atoms with Gasteiger partial charge in [0.2, 0.25) is 5.91 Å². The van der Waals surface area contributed by atoms with Crippen molar-refractivity contribution in [3.8, 4) is 5.75 Å². The number of aryl methyl sites for hydroxylation is 1. The van der Waals surface area contributed by atoms with Gasteiger partial charge in [-0.25, -0.2) is 0 Å². The summed E-state index contributed by atoms with van der Waals surface area (Å²) in [4.78, 5) is 16.1. The van der Waals surface area contributed by atoms with Gasteiger partial charge in [-0.05, 0) is 47.7 Å². The fraction of sp³-hybridized carbons (Fsp3) is 0.250. The van der Waals surface area contributed by atoms with Crippen LogP contribution in [0.5, 0.6) is 5.75 Å². The molecule has 1 amide bonds. The number of hydrogen-bond acceptors (Lipinski definition) is 3. The number of carbonyl (C=O) groups is 1. The third kappa shape index (κ3) is 4.94. The number of para-hydroxylation sites is 1. The van der Waals surface area contributed by atoms with E-state index in [-0.39, 0.29) is 17.9 Å². The minimum absolute atomic E-state index is 0.0410. The molecule has 1 saturated heterocycles. The Bertz CT molecular complexity index is 1220. The van der Waals surface area contributed by atoms with Crippen LogP contribution in [-0.2, 0) is 17.8 Å². The summed E-state index contributed by atoms with van der Waals surface area (Å²) in [6.45, 7) is 1.97. The highest BCUT2D eigenvalue weighted by Crippen LogP contribution is 2.31. The van der Waals surface area contributed by atoms with Crippen molar-refractivity contribution in [3.05, 3.63) is 102 Å². The number of H-pyrrole nitrogens is 1. The summed E-state index contributed by atoms with van der Waals surface area (Å²) in [5.74, 6) is 0.935. The predicted molar refractivity (Wildman–Crippen MR) is 131 cm³/mol. The number of ether oxygens (including phenoxy) is 1. The van der Waals surface area contributed by atoms with Gasteiger partial charge in [-0.15, -0.1) is 0 Å². The lowest BCUT2D eigenvalue weighted by Gasteiger charge is -2.31.